The van der Waals surface area contributed by atoms with Gasteiger partial charge in [-0.25, -0.2) is 4.79 Å². The fourth-order valence-corrected chi connectivity index (χ4v) is 4.36. The molecule has 6 N–H and O–H groups in total. The van der Waals surface area contributed by atoms with Gasteiger partial charge in [0.15, 0.2) is 5.78 Å². The lowest BCUT2D eigenvalue weighted by Crippen LogP contribution is -2.79. The normalized spacial score (nSPS) is 29.7. The lowest BCUT2D eigenvalue weighted by molar-refractivity contribution is -0.390. The van der Waals surface area contributed by atoms with Crippen molar-refractivity contribution in [2.45, 2.75) is 127 Å². The number of urea groups is 1. The van der Waals surface area contributed by atoms with Crippen molar-refractivity contribution in [3.05, 3.63) is 4.91 Å². The van der Waals surface area contributed by atoms with Gasteiger partial charge in [-0.05, 0) is 13.3 Å². The number of carbonyl (C=O) groups excluding carboxylic acids is 2. The summed E-state index contributed by atoms with van der Waals surface area (Å²) >= 11 is 5.47. The van der Waals surface area contributed by atoms with E-state index in [-0.39, 0.29) is 23.9 Å². The van der Waals surface area contributed by atoms with Crippen molar-refractivity contribution in [3.63, 3.8) is 0 Å². The SMILES string of the molecule is [2H]C(CCCCCCCCCCC)CC(=O)C(O)[C@H]1OC(C)(O)[C@@](O)(NC(=O)N(CCCl)N=O)[C@@H](O)[C@@H]1O. The van der Waals surface area contributed by atoms with Crippen LogP contribution in [0.3, 0.4) is 0 Å². The Morgan fingerprint density at radius 1 is 1.11 bits per heavy atom. The molecule has 0 bridgehead atoms. The van der Waals surface area contributed by atoms with Crippen LogP contribution in [0.2, 0.25) is 0 Å². The Kier molecular flexibility index (Phi) is 14.2. The number of ether oxygens (including phenoxy) is 1. The Balaban J connectivity index is 2.64. The molecule has 12 nitrogen and oxygen atoms in total. The average molecular weight is 555 g/mol. The first kappa shape index (κ1) is 31.8. The van der Waals surface area contributed by atoms with Gasteiger partial charge >= 0.3 is 6.03 Å². The van der Waals surface area contributed by atoms with Gasteiger partial charge in [0.05, 0.1) is 11.8 Å². The summed E-state index contributed by atoms with van der Waals surface area (Å²) in [6, 6.07) is -1.36. The third-order valence-corrected chi connectivity index (χ3v) is 6.76. The number of hydrogen-bond donors (Lipinski definition) is 6. The second kappa shape index (κ2) is 16.5. The van der Waals surface area contributed by atoms with Crippen molar-refractivity contribution < 1.29 is 41.2 Å². The molecular formula is C24H44ClN3O9. The van der Waals surface area contributed by atoms with E-state index in [0.717, 1.165) is 32.6 Å². The monoisotopic (exact) mass is 554 g/mol. The molecule has 13 heteroatoms. The molecule has 1 heterocycles. The van der Waals surface area contributed by atoms with Gasteiger partial charge in [0.25, 0.3) is 0 Å². The Morgan fingerprint density at radius 2 is 1.65 bits per heavy atom. The van der Waals surface area contributed by atoms with E-state index in [4.69, 9.17) is 17.7 Å². The summed E-state index contributed by atoms with van der Waals surface area (Å²) in [7, 11) is 0. The van der Waals surface area contributed by atoms with E-state index in [9.17, 15) is 40.0 Å². The molecular weight excluding hydrogens is 510 g/mol. The van der Waals surface area contributed by atoms with E-state index in [2.05, 4.69) is 12.2 Å². The van der Waals surface area contributed by atoms with Crippen LogP contribution in [0, 0.1) is 4.91 Å². The largest absolute Gasteiger partial charge is 0.387 e. The zero-order valence-corrected chi connectivity index (χ0v) is 22.5. The van der Waals surface area contributed by atoms with Crippen LogP contribution in [0.15, 0.2) is 5.29 Å². The number of Topliss-reactive ketones (excluding diaryl/α,β-unsaturated/α-hetero) is 1. The number of rotatable bonds is 18. The molecule has 37 heavy (non-hydrogen) atoms. The first-order valence-corrected chi connectivity index (χ1v) is 13.5. The fraction of sp³-hybridized carbons (Fsp3) is 0.917. The molecule has 0 radical (unpaired) electrons. The highest BCUT2D eigenvalue weighted by atomic mass is 35.5. The minimum Gasteiger partial charge on any atom is -0.387 e. The van der Waals surface area contributed by atoms with Crippen LogP contribution < -0.4 is 5.32 Å². The number of halogens is 1. The second-order valence-corrected chi connectivity index (χ2v) is 9.99. The lowest BCUT2D eigenvalue weighted by Gasteiger charge is -2.52. The smallest absolute Gasteiger partial charge is 0.342 e. The van der Waals surface area contributed by atoms with Crippen LogP contribution in [0.5, 0.6) is 0 Å². The Bertz CT molecular complexity index is 751. The molecule has 0 aromatic rings. The number of carbonyl (C=O) groups is 2. The predicted octanol–water partition coefficient (Wildman–Crippen LogP) is 2.07. The molecule has 0 aliphatic carbocycles. The topological polar surface area (TPSA) is 189 Å². The van der Waals surface area contributed by atoms with Crippen LogP contribution in [0.25, 0.3) is 0 Å². The number of ketones is 1. The molecule has 0 spiro atoms. The molecule has 0 aromatic carbocycles. The molecule has 0 aromatic heterocycles. The maximum absolute atomic E-state index is 12.6. The third kappa shape index (κ3) is 9.68. The quantitative estimate of drug-likeness (QED) is 0.0484. The van der Waals surface area contributed by atoms with Crippen molar-refractivity contribution in [2.75, 3.05) is 12.4 Å². The standard InChI is InChI=1S/C24H44ClN3O9/c1-3-4-5-6-7-8-9-10-11-12-13-14-17(29)18(30)20-19(31)21(32)24(35,23(2,34)37-20)26-22(33)28(27-36)16-15-25/h18-21,30-32,34-35H,3-16H2,1-2H3,(H,26,33)/t18?,19-,20-,21+,23?,24-/m1/s1/i13D/t13?,18?,19-,20-,21+,23?,24-. The number of aliphatic hydroxyl groups excluding tert-OH is 3. The lowest BCUT2D eigenvalue weighted by atomic mass is 9.84. The molecule has 3 unspecified atom stereocenters. The van der Waals surface area contributed by atoms with E-state index in [1.165, 1.54) is 32.1 Å². The van der Waals surface area contributed by atoms with Gasteiger partial charge in [0.2, 0.25) is 11.5 Å². The minimum atomic E-state index is -3.06. The number of amides is 2. The first-order chi connectivity index (χ1) is 17.9. The molecule has 1 aliphatic heterocycles. The number of aliphatic hydroxyl groups is 5. The van der Waals surface area contributed by atoms with Gasteiger partial charge in [0, 0.05) is 13.7 Å². The number of nitrogens with one attached hydrogen (secondary N) is 1. The van der Waals surface area contributed by atoms with E-state index in [1.807, 2.05) is 0 Å². The van der Waals surface area contributed by atoms with E-state index >= 15 is 0 Å². The van der Waals surface area contributed by atoms with Crippen molar-refractivity contribution in [1.82, 2.24) is 10.3 Å². The molecule has 2 amide bonds. The molecule has 1 rings (SSSR count). The molecule has 7 atom stereocenters. The number of unbranched alkanes of at least 4 members (excludes halogenated alkanes) is 8. The fourth-order valence-electron chi connectivity index (χ4n) is 4.20. The van der Waals surface area contributed by atoms with Crippen molar-refractivity contribution in [2.24, 2.45) is 5.29 Å². The summed E-state index contributed by atoms with van der Waals surface area (Å²) in [4.78, 5) is 35.7. The predicted molar refractivity (Wildman–Crippen MR) is 136 cm³/mol. The van der Waals surface area contributed by atoms with Crippen LogP contribution in [0.1, 0.15) is 92.2 Å². The molecule has 1 saturated heterocycles. The van der Waals surface area contributed by atoms with E-state index in [0.29, 0.717) is 6.42 Å². The summed E-state index contributed by atoms with van der Waals surface area (Å²) < 4.78 is 13.3. The van der Waals surface area contributed by atoms with Gasteiger partial charge in [-0.2, -0.15) is 5.01 Å². The highest BCUT2D eigenvalue weighted by Crippen LogP contribution is 2.36. The van der Waals surface area contributed by atoms with Gasteiger partial charge in [-0.1, -0.05) is 71.1 Å². The summed E-state index contributed by atoms with van der Waals surface area (Å²) in [5.41, 5.74) is -3.06. The number of hydrogen-bond acceptors (Lipinski definition) is 10. The van der Waals surface area contributed by atoms with Crippen LogP contribution >= 0.6 is 11.6 Å². The Morgan fingerprint density at radius 3 is 2.16 bits per heavy atom. The maximum Gasteiger partial charge on any atom is 0.342 e. The summed E-state index contributed by atoms with van der Waals surface area (Å²) in [6.07, 6.45) is 0.876. The number of nitroso groups, excluding NO2 is 1. The van der Waals surface area contributed by atoms with E-state index in [1.54, 1.807) is 5.32 Å². The Labute approximate surface area is 224 Å². The zero-order chi connectivity index (χ0) is 28.9. The van der Waals surface area contributed by atoms with Crippen molar-refractivity contribution in [1.29, 1.82) is 0 Å². The van der Waals surface area contributed by atoms with Gasteiger partial charge in [-0.15, -0.1) is 16.5 Å². The number of nitrogens with zero attached hydrogens (tertiary/aromatic N) is 2. The van der Waals surface area contributed by atoms with Gasteiger partial charge in [0.1, 0.15) is 24.4 Å². The summed E-state index contributed by atoms with van der Waals surface area (Å²) in [5.74, 6) is -3.87. The minimum absolute atomic E-state index is 0.192. The summed E-state index contributed by atoms with van der Waals surface area (Å²) in [5, 5.41) is 57.5. The highest BCUT2D eigenvalue weighted by Gasteiger charge is 2.64. The molecule has 0 saturated carbocycles. The number of alkyl halides is 1. The second-order valence-electron chi connectivity index (χ2n) is 9.61. The third-order valence-electron chi connectivity index (χ3n) is 6.59. The van der Waals surface area contributed by atoms with Crippen LogP contribution in [-0.2, 0) is 9.53 Å². The first-order valence-electron chi connectivity index (χ1n) is 13.5. The van der Waals surface area contributed by atoms with Gasteiger partial charge in [-0.3, -0.25) is 4.79 Å². The zero-order valence-electron chi connectivity index (χ0n) is 22.7. The van der Waals surface area contributed by atoms with Crippen molar-refractivity contribution >= 4 is 23.4 Å². The van der Waals surface area contributed by atoms with Crippen LogP contribution in [0.4, 0.5) is 4.79 Å². The van der Waals surface area contributed by atoms with Crippen LogP contribution in [-0.4, -0.2) is 90.7 Å². The van der Waals surface area contributed by atoms with E-state index < -0.39 is 54.1 Å². The highest BCUT2D eigenvalue weighted by molar-refractivity contribution is 6.18. The maximum atomic E-state index is 12.6. The summed E-state index contributed by atoms with van der Waals surface area (Å²) in [6.45, 7) is 2.63. The van der Waals surface area contributed by atoms with Gasteiger partial charge < -0.3 is 35.6 Å². The average Bonchev–Trinajstić information content (AvgIpc) is 2.87. The molecule has 1 fully saturated rings. The molecule has 1 aliphatic rings. The molecule has 216 valence electrons. The van der Waals surface area contributed by atoms with Crippen molar-refractivity contribution in [3.8, 4) is 0 Å². The Hall–Kier alpha value is -1.41.